The van der Waals surface area contributed by atoms with Crippen LogP contribution in [0, 0.1) is 11.3 Å². The normalized spacial score (nSPS) is 11.1. The maximum atomic E-state index is 12.0. The van der Waals surface area contributed by atoms with Crippen molar-refractivity contribution in [1.82, 2.24) is 0 Å². The van der Waals surface area contributed by atoms with Crippen LogP contribution in [0.3, 0.4) is 0 Å². The van der Waals surface area contributed by atoms with Gasteiger partial charge in [-0.05, 0) is 55.5 Å². The third-order valence-corrected chi connectivity index (χ3v) is 3.66. The number of halogens is 1. The number of nitrogens with zero attached hydrogens (tertiary/aromatic N) is 1. The molecule has 2 aromatic carbocycles. The molecule has 0 fully saturated rings. The average molecular weight is 403 g/mol. The summed E-state index contributed by atoms with van der Waals surface area (Å²) in [4.78, 5) is 23.8. The van der Waals surface area contributed by atoms with Gasteiger partial charge in [0.15, 0.2) is 12.7 Å². The van der Waals surface area contributed by atoms with Crippen LogP contribution < -0.4 is 10.1 Å². The summed E-state index contributed by atoms with van der Waals surface area (Å²) in [7, 11) is 0. The van der Waals surface area contributed by atoms with E-state index in [0.29, 0.717) is 17.0 Å². The zero-order valence-electron chi connectivity index (χ0n) is 13.4. The maximum absolute atomic E-state index is 12.0. The molecule has 0 bridgehead atoms. The highest BCUT2D eigenvalue weighted by Gasteiger charge is 2.18. The van der Waals surface area contributed by atoms with E-state index in [4.69, 9.17) is 14.7 Å². The van der Waals surface area contributed by atoms with Gasteiger partial charge < -0.3 is 14.8 Å². The molecule has 0 unspecified atom stereocenters. The number of esters is 1. The summed E-state index contributed by atoms with van der Waals surface area (Å²) in [5, 5.41) is 11.4. The average Bonchev–Trinajstić information content (AvgIpc) is 2.62. The number of hydrogen-bond donors (Lipinski definition) is 1. The van der Waals surface area contributed by atoms with Crippen LogP contribution in [0.1, 0.15) is 12.5 Å². The van der Waals surface area contributed by atoms with E-state index < -0.39 is 18.0 Å². The Morgan fingerprint density at radius 1 is 1.16 bits per heavy atom. The Labute approximate surface area is 153 Å². The van der Waals surface area contributed by atoms with Gasteiger partial charge in [-0.3, -0.25) is 4.79 Å². The molecule has 0 spiro atoms. The van der Waals surface area contributed by atoms with Gasteiger partial charge in [0, 0.05) is 10.2 Å². The van der Waals surface area contributed by atoms with E-state index in [1.54, 1.807) is 48.5 Å². The van der Waals surface area contributed by atoms with Crippen LogP contribution in [0.25, 0.3) is 0 Å². The van der Waals surface area contributed by atoms with Gasteiger partial charge >= 0.3 is 5.97 Å². The van der Waals surface area contributed by atoms with E-state index in [1.807, 2.05) is 6.07 Å². The summed E-state index contributed by atoms with van der Waals surface area (Å²) >= 11 is 3.31. The molecule has 0 aliphatic carbocycles. The summed E-state index contributed by atoms with van der Waals surface area (Å²) in [6.07, 6.45) is -0.958. The van der Waals surface area contributed by atoms with Gasteiger partial charge in [0.25, 0.3) is 5.91 Å². The molecule has 0 saturated carbocycles. The molecule has 1 amide bonds. The highest BCUT2D eigenvalue weighted by molar-refractivity contribution is 9.10. The van der Waals surface area contributed by atoms with Crippen molar-refractivity contribution in [2.75, 3.05) is 11.9 Å². The second-order valence-electron chi connectivity index (χ2n) is 5.05. The van der Waals surface area contributed by atoms with Crippen molar-refractivity contribution in [3.8, 4) is 11.8 Å². The molecule has 7 heteroatoms. The Bertz CT molecular complexity index is 782. The van der Waals surface area contributed by atoms with Gasteiger partial charge in [-0.15, -0.1) is 0 Å². The lowest BCUT2D eigenvalue weighted by molar-refractivity contribution is -0.155. The number of anilines is 1. The monoisotopic (exact) mass is 402 g/mol. The Kier molecular flexibility index (Phi) is 6.54. The van der Waals surface area contributed by atoms with Gasteiger partial charge in [0.2, 0.25) is 0 Å². The van der Waals surface area contributed by atoms with Gasteiger partial charge in [-0.25, -0.2) is 4.79 Å². The molecule has 0 aromatic heterocycles. The van der Waals surface area contributed by atoms with Crippen molar-refractivity contribution in [3.05, 3.63) is 58.6 Å². The Balaban J connectivity index is 1.79. The topological polar surface area (TPSA) is 88.4 Å². The molecule has 0 aliphatic heterocycles. The van der Waals surface area contributed by atoms with E-state index >= 15 is 0 Å². The highest BCUT2D eigenvalue weighted by Crippen LogP contribution is 2.15. The number of nitriles is 1. The molecular formula is C18H15BrN2O4. The van der Waals surface area contributed by atoms with Crippen molar-refractivity contribution in [1.29, 1.82) is 5.26 Å². The lowest BCUT2D eigenvalue weighted by Gasteiger charge is -2.14. The summed E-state index contributed by atoms with van der Waals surface area (Å²) in [6, 6.07) is 15.3. The zero-order chi connectivity index (χ0) is 18.2. The van der Waals surface area contributed by atoms with Gasteiger partial charge in [0.1, 0.15) is 5.75 Å². The first kappa shape index (κ1) is 18.5. The van der Waals surface area contributed by atoms with Gasteiger partial charge in [0.05, 0.1) is 11.6 Å². The van der Waals surface area contributed by atoms with Crippen molar-refractivity contribution in [2.45, 2.75) is 13.0 Å². The first-order valence-corrected chi connectivity index (χ1v) is 8.16. The van der Waals surface area contributed by atoms with Crippen LogP contribution in [0.2, 0.25) is 0 Å². The molecule has 2 rings (SSSR count). The molecule has 6 nitrogen and oxygen atoms in total. The number of amides is 1. The minimum Gasteiger partial charge on any atom is -0.482 e. The smallest absolute Gasteiger partial charge is 0.344 e. The molecule has 0 heterocycles. The molecule has 0 saturated heterocycles. The third kappa shape index (κ3) is 5.94. The van der Waals surface area contributed by atoms with E-state index in [2.05, 4.69) is 21.2 Å². The Hall–Kier alpha value is -2.85. The third-order valence-electron chi connectivity index (χ3n) is 3.13. The summed E-state index contributed by atoms with van der Waals surface area (Å²) < 4.78 is 11.2. The van der Waals surface area contributed by atoms with Crippen molar-refractivity contribution in [2.24, 2.45) is 0 Å². The molecule has 2 aromatic rings. The lowest BCUT2D eigenvalue weighted by atomic mass is 10.2. The van der Waals surface area contributed by atoms with Gasteiger partial charge in [-0.1, -0.05) is 15.9 Å². The summed E-state index contributed by atoms with van der Waals surface area (Å²) in [5.41, 5.74) is 1.10. The van der Waals surface area contributed by atoms with E-state index in [1.165, 1.54) is 6.92 Å². The number of carbonyl (C=O) groups excluding carboxylic acids is 2. The highest BCUT2D eigenvalue weighted by atomic mass is 79.9. The first-order chi connectivity index (χ1) is 12.0. The minimum atomic E-state index is -0.958. The predicted molar refractivity (Wildman–Crippen MR) is 95.0 cm³/mol. The first-order valence-electron chi connectivity index (χ1n) is 7.37. The predicted octanol–water partition coefficient (Wildman–Crippen LogP) is 3.27. The number of carbonyl (C=O) groups is 2. The standard InChI is InChI=1S/C18H15BrN2O4/c1-12(18(23)21-15-6-4-14(19)5-7-15)25-17(22)11-24-16-8-2-13(10-20)3-9-16/h2-9,12H,11H2,1H3,(H,21,23)/t12-/m0/s1. The Morgan fingerprint density at radius 2 is 1.80 bits per heavy atom. The van der Waals surface area contributed by atoms with Crippen LogP contribution in [-0.2, 0) is 14.3 Å². The second-order valence-corrected chi connectivity index (χ2v) is 5.97. The molecule has 128 valence electrons. The van der Waals surface area contributed by atoms with Crippen LogP contribution >= 0.6 is 15.9 Å². The Morgan fingerprint density at radius 3 is 2.40 bits per heavy atom. The fourth-order valence-corrected chi connectivity index (χ4v) is 2.09. The maximum Gasteiger partial charge on any atom is 0.344 e. The number of nitrogens with one attached hydrogen (secondary N) is 1. The summed E-state index contributed by atoms with van der Waals surface area (Å²) in [6.45, 7) is 1.15. The van der Waals surface area contributed by atoms with E-state index in [-0.39, 0.29) is 6.61 Å². The van der Waals surface area contributed by atoms with Crippen LogP contribution in [-0.4, -0.2) is 24.6 Å². The molecule has 25 heavy (non-hydrogen) atoms. The van der Waals surface area contributed by atoms with Crippen LogP contribution in [0.15, 0.2) is 53.0 Å². The fourth-order valence-electron chi connectivity index (χ4n) is 1.83. The quantitative estimate of drug-likeness (QED) is 0.748. The van der Waals surface area contributed by atoms with Crippen LogP contribution in [0.5, 0.6) is 5.75 Å². The number of rotatable bonds is 6. The number of benzene rings is 2. The van der Waals surface area contributed by atoms with E-state index in [9.17, 15) is 9.59 Å². The number of ether oxygens (including phenoxy) is 2. The second kappa shape index (κ2) is 8.85. The largest absolute Gasteiger partial charge is 0.482 e. The van der Waals surface area contributed by atoms with Crippen molar-refractivity contribution < 1.29 is 19.1 Å². The lowest BCUT2D eigenvalue weighted by Crippen LogP contribution is -2.31. The molecule has 1 N–H and O–H groups in total. The SMILES string of the molecule is C[C@H](OC(=O)COc1ccc(C#N)cc1)C(=O)Nc1ccc(Br)cc1. The van der Waals surface area contributed by atoms with Crippen molar-refractivity contribution in [3.63, 3.8) is 0 Å². The molecule has 1 atom stereocenters. The van der Waals surface area contributed by atoms with Crippen molar-refractivity contribution >= 4 is 33.5 Å². The zero-order valence-corrected chi connectivity index (χ0v) is 14.9. The molecule has 0 aliphatic rings. The molecule has 0 radical (unpaired) electrons. The summed E-state index contributed by atoms with van der Waals surface area (Å²) in [5.74, 6) is -0.667. The molecular weight excluding hydrogens is 388 g/mol. The van der Waals surface area contributed by atoms with E-state index in [0.717, 1.165) is 4.47 Å². The van der Waals surface area contributed by atoms with Crippen LogP contribution in [0.4, 0.5) is 5.69 Å². The minimum absolute atomic E-state index is 0.332. The number of hydrogen-bond acceptors (Lipinski definition) is 5. The van der Waals surface area contributed by atoms with Gasteiger partial charge in [-0.2, -0.15) is 5.26 Å². The fraction of sp³-hybridized carbons (Fsp3) is 0.167.